The van der Waals surface area contributed by atoms with E-state index >= 15 is 0 Å². The number of thioether (sulfide) groups is 1. The minimum atomic E-state index is -2.73. The van der Waals surface area contributed by atoms with Crippen molar-refractivity contribution in [1.82, 2.24) is 24.8 Å². The quantitative estimate of drug-likeness (QED) is 0.334. The van der Waals surface area contributed by atoms with Crippen molar-refractivity contribution in [1.29, 1.82) is 0 Å². The summed E-state index contributed by atoms with van der Waals surface area (Å²) < 4.78 is 45.9. The number of ether oxygens (including phenoxy) is 1. The fourth-order valence-electron chi connectivity index (χ4n) is 6.52. The predicted octanol–water partition coefficient (Wildman–Crippen LogP) is 5.18. The van der Waals surface area contributed by atoms with E-state index in [0.717, 1.165) is 36.3 Å². The molecule has 4 heterocycles. The number of fused-ring (bicyclic) bond motifs is 1. The van der Waals surface area contributed by atoms with Crippen LogP contribution in [0.15, 0.2) is 28.0 Å². The van der Waals surface area contributed by atoms with Crippen LogP contribution >= 0.6 is 11.8 Å². The number of aromatic amines is 1. The number of halogens is 3. The summed E-state index contributed by atoms with van der Waals surface area (Å²) in [6.45, 7) is 4.16. The van der Waals surface area contributed by atoms with Gasteiger partial charge in [0.25, 0.3) is 11.5 Å². The molecule has 0 bridgehead atoms. The van der Waals surface area contributed by atoms with Gasteiger partial charge in [-0.15, -0.1) is 11.8 Å². The monoisotopic (exact) mass is 591 g/mol. The number of pyridine rings is 2. The number of carbonyl (C=O) groups excluding carboxylic acids is 1. The Bertz CT molecular complexity index is 1480. The highest BCUT2D eigenvalue weighted by Gasteiger charge is 2.38. The van der Waals surface area contributed by atoms with Crippen LogP contribution in [0.3, 0.4) is 0 Å². The van der Waals surface area contributed by atoms with E-state index in [1.165, 1.54) is 24.0 Å². The van der Waals surface area contributed by atoms with Crippen molar-refractivity contribution in [2.75, 3.05) is 19.3 Å². The van der Waals surface area contributed by atoms with Crippen LogP contribution < -0.4 is 10.9 Å². The minimum Gasteiger partial charge on any atom is -0.348 e. The van der Waals surface area contributed by atoms with Gasteiger partial charge in [-0.25, -0.2) is 9.37 Å². The number of amides is 1. The highest BCUT2D eigenvalue weighted by atomic mass is 32.2. The van der Waals surface area contributed by atoms with Gasteiger partial charge < -0.3 is 19.6 Å². The largest absolute Gasteiger partial charge is 0.348 e. The molecule has 0 aromatic carbocycles. The van der Waals surface area contributed by atoms with E-state index in [2.05, 4.69) is 31.8 Å². The first kappa shape index (κ1) is 29.7. The Morgan fingerprint density at radius 3 is 2.59 bits per heavy atom. The molecule has 222 valence electrons. The highest BCUT2D eigenvalue weighted by molar-refractivity contribution is 7.98. The average molecular weight is 592 g/mol. The van der Waals surface area contributed by atoms with E-state index in [9.17, 15) is 22.8 Å². The summed E-state index contributed by atoms with van der Waals surface area (Å²) in [5.74, 6) is -0.604. The van der Waals surface area contributed by atoms with Crippen molar-refractivity contribution in [3.8, 4) is 0 Å². The Balaban J connectivity index is 1.33. The lowest BCUT2D eigenvalue weighted by Crippen LogP contribution is -2.57. The van der Waals surface area contributed by atoms with Crippen LogP contribution in [0.2, 0.25) is 0 Å². The molecule has 3 aromatic rings. The average Bonchev–Trinajstić information content (AvgIpc) is 3.19. The van der Waals surface area contributed by atoms with Crippen LogP contribution in [0, 0.1) is 25.6 Å². The van der Waals surface area contributed by atoms with Gasteiger partial charge in [0.05, 0.1) is 17.9 Å². The van der Waals surface area contributed by atoms with Gasteiger partial charge in [-0.1, -0.05) is 0 Å². The smallest absolute Gasteiger partial charge is 0.345 e. The van der Waals surface area contributed by atoms with Crippen LogP contribution in [-0.2, 0) is 11.3 Å². The van der Waals surface area contributed by atoms with Gasteiger partial charge in [0.2, 0.25) is 0 Å². The van der Waals surface area contributed by atoms with Crippen LogP contribution in [0.1, 0.15) is 66.0 Å². The normalized spacial score (nSPS) is 20.9. The van der Waals surface area contributed by atoms with Crippen molar-refractivity contribution in [2.24, 2.45) is 5.92 Å². The molecule has 1 saturated heterocycles. The molecule has 41 heavy (non-hydrogen) atoms. The molecule has 1 saturated carbocycles. The first-order valence-electron chi connectivity index (χ1n) is 14.0. The Morgan fingerprint density at radius 2 is 1.93 bits per heavy atom. The number of carbonyl (C=O) groups is 1. The summed E-state index contributed by atoms with van der Waals surface area (Å²) in [6, 6.07) is 3.58. The van der Waals surface area contributed by atoms with E-state index in [4.69, 9.17) is 0 Å². The lowest BCUT2D eigenvalue weighted by atomic mass is 9.80. The molecule has 3 aromatic heterocycles. The maximum atomic E-state index is 14.4. The predicted molar refractivity (Wildman–Crippen MR) is 152 cm³/mol. The highest BCUT2D eigenvalue weighted by Crippen LogP contribution is 2.39. The number of H-pyrrole nitrogens is 1. The Kier molecular flexibility index (Phi) is 8.81. The first-order chi connectivity index (χ1) is 19.6. The molecule has 2 fully saturated rings. The molecular formula is C29H36F3N5O3S. The third-order valence-electron chi connectivity index (χ3n) is 8.68. The summed E-state index contributed by atoms with van der Waals surface area (Å²) >= 11 is 1.44. The lowest BCUT2D eigenvalue weighted by Gasteiger charge is -2.46. The molecule has 1 aliphatic heterocycles. The number of hydrogen-bond donors (Lipinski definition) is 2. The standard InChI is InChI=1S/C29H36F3N5O3S/c1-15-9-24(41-4)23(27(38)35-15)12-34-28(39)25-17(3)37(26-22(25)10-19(30)11-33-26)16(2)18-5-7-20(8-6-18)36-13-21(14-36)40-29(31)32/h9-11,16,18,20-21,29H,5-8,12-14H2,1-4H3,(H,34,39)(H,35,38)/t16-,18?,20?/m1/s1. The molecule has 0 radical (unpaired) electrons. The Labute approximate surface area is 241 Å². The maximum Gasteiger partial charge on any atom is 0.345 e. The number of aromatic nitrogens is 3. The lowest BCUT2D eigenvalue weighted by molar-refractivity contribution is -0.202. The molecule has 12 heteroatoms. The number of likely N-dealkylation sites (tertiary alicyclic amines) is 1. The zero-order valence-electron chi connectivity index (χ0n) is 23.7. The fourth-order valence-corrected chi connectivity index (χ4v) is 7.23. The zero-order chi connectivity index (χ0) is 29.4. The summed E-state index contributed by atoms with van der Waals surface area (Å²) in [5, 5.41) is 3.32. The van der Waals surface area contributed by atoms with Crippen LogP contribution in [0.4, 0.5) is 13.2 Å². The number of rotatable bonds is 9. The van der Waals surface area contributed by atoms with E-state index < -0.39 is 18.5 Å². The van der Waals surface area contributed by atoms with Crippen molar-refractivity contribution in [3.05, 3.63) is 57.0 Å². The van der Waals surface area contributed by atoms with Crippen molar-refractivity contribution in [3.63, 3.8) is 0 Å². The number of alkyl halides is 2. The van der Waals surface area contributed by atoms with Crippen LogP contribution in [0.5, 0.6) is 0 Å². The molecular weight excluding hydrogens is 555 g/mol. The molecule has 5 rings (SSSR count). The summed E-state index contributed by atoms with van der Waals surface area (Å²) in [7, 11) is 0. The number of nitrogens with one attached hydrogen (secondary N) is 2. The molecule has 2 aliphatic rings. The van der Waals surface area contributed by atoms with E-state index in [0.29, 0.717) is 52.9 Å². The van der Waals surface area contributed by atoms with E-state index in [1.807, 2.05) is 30.7 Å². The SMILES string of the molecule is CSc1cc(C)[nH]c(=O)c1CNC(=O)c1c(C)n([C@H](C)C2CCC(N3CC(OC(F)F)C3)CC2)c2ncc(F)cc12. The number of nitrogens with zero attached hydrogens (tertiary/aromatic N) is 3. The molecule has 1 atom stereocenters. The first-order valence-corrected chi connectivity index (χ1v) is 15.2. The van der Waals surface area contributed by atoms with Gasteiger partial charge >= 0.3 is 6.61 Å². The third kappa shape index (κ3) is 6.05. The second-order valence-electron chi connectivity index (χ2n) is 11.1. The maximum absolute atomic E-state index is 14.4. The van der Waals surface area contributed by atoms with Gasteiger partial charge in [-0.05, 0) is 70.8 Å². The fraction of sp³-hybridized carbons (Fsp3) is 0.552. The van der Waals surface area contributed by atoms with Crippen molar-refractivity contribution < 1.29 is 22.7 Å². The molecule has 1 aliphatic carbocycles. The number of hydrogen-bond acceptors (Lipinski definition) is 6. The van der Waals surface area contributed by atoms with Gasteiger partial charge in [0.15, 0.2) is 0 Å². The summed E-state index contributed by atoms with van der Waals surface area (Å²) in [5.41, 5.74) is 2.57. The second-order valence-corrected chi connectivity index (χ2v) is 12.0. The molecule has 0 unspecified atom stereocenters. The van der Waals surface area contributed by atoms with Gasteiger partial charge in [-0.3, -0.25) is 14.5 Å². The van der Waals surface area contributed by atoms with Gasteiger partial charge in [0, 0.05) is 59.0 Å². The molecule has 0 spiro atoms. The van der Waals surface area contributed by atoms with Gasteiger partial charge in [-0.2, -0.15) is 8.78 Å². The second kappa shape index (κ2) is 12.2. The zero-order valence-corrected chi connectivity index (χ0v) is 24.5. The number of aryl methyl sites for hydroxylation is 1. The van der Waals surface area contributed by atoms with E-state index in [-0.39, 0.29) is 24.1 Å². The minimum absolute atomic E-state index is 0.00676. The Morgan fingerprint density at radius 1 is 1.22 bits per heavy atom. The molecule has 1 amide bonds. The van der Waals surface area contributed by atoms with Gasteiger partial charge in [0.1, 0.15) is 11.5 Å². The Hall–Kier alpha value is -2.83. The summed E-state index contributed by atoms with van der Waals surface area (Å²) in [4.78, 5) is 36.3. The van der Waals surface area contributed by atoms with Crippen molar-refractivity contribution >= 4 is 28.7 Å². The topological polar surface area (TPSA) is 92.2 Å². The molecule has 2 N–H and O–H groups in total. The third-order valence-corrected chi connectivity index (χ3v) is 9.48. The van der Waals surface area contributed by atoms with Crippen molar-refractivity contribution in [2.45, 2.75) is 82.7 Å². The van der Waals surface area contributed by atoms with Crippen LogP contribution in [0.25, 0.3) is 11.0 Å². The van der Waals surface area contributed by atoms with E-state index in [1.54, 1.807) is 0 Å². The van der Waals surface area contributed by atoms with Crippen LogP contribution in [-0.4, -0.2) is 63.4 Å². The molecule has 8 nitrogen and oxygen atoms in total. The summed E-state index contributed by atoms with van der Waals surface area (Å²) in [6.07, 6.45) is 6.44.